The highest BCUT2D eigenvalue weighted by molar-refractivity contribution is 7.89. The summed E-state index contributed by atoms with van der Waals surface area (Å²) in [4.78, 5) is 3.46. The molecule has 0 aromatic carbocycles. The van der Waals surface area contributed by atoms with E-state index in [0.29, 0.717) is 24.0 Å². The van der Waals surface area contributed by atoms with Crippen molar-refractivity contribution >= 4 is 10.0 Å². The zero-order chi connectivity index (χ0) is 15.5. The number of H-pyrrole nitrogens is 1. The van der Waals surface area contributed by atoms with Crippen molar-refractivity contribution in [3.05, 3.63) is 18.0 Å². The summed E-state index contributed by atoms with van der Waals surface area (Å²) >= 11 is 0. The minimum atomic E-state index is -3.37. The van der Waals surface area contributed by atoms with Crippen LogP contribution in [0.3, 0.4) is 0 Å². The summed E-state index contributed by atoms with van der Waals surface area (Å²) in [6, 6.07) is 2.28. The Hall–Kier alpha value is -0.850. The lowest BCUT2D eigenvalue weighted by Gasteiger charge is -2.33. The molecule has 1 saturated heterocycles. The van der Waals surface area contributed by atoms with Crippen LogP contribution in [0.2, 0.25) is 0 Å². The summed E-state index contributed by atoms with van der Waals surface area (Å²) in [6.45, 7) is 7.50. The second-order valence-corrected chi connectivity index (χ2v) is 7.96. The molecule has 0 saturated carbocycles. The molecule has 6 heteroatoms. The Bertz CT molecular complexity index is 551. The number of sulfonamides is 1. The third-order valence-electron chi connectivity index (χ3n) is 4.07. The molecule has 2 N–H and O–H groups in total. The van der Waals surface area contributed by atoms with Crippen LogP contribution in [-0.4, -0.2) is 36.3 Å². The molecule has 1 aromatic rings. The minimum absolute atomic E-state index is 0.149. The van der Waals surface area contributed by atoms with Gasteiger partial charge >= 0.3 is 0 Å². The molecule has 2 rings (SSSR count). The van der Waals surface area contributed by atoms with Crippen LogP contribution in [-0.2, 0) is 16.6 Å². The lowest BCUT2D eigenvalue weighted by atomic mass is 10.0. The highest BCUT2D eigenvalue weighted by Gasteiger charge is 2.32. The fourth-order valence-corrected chi connectivity index (χ4v) is 4.60. The van der Waals surface area contributed by atoms with E-state index in [4.69, 9.17) is 0 Å². The van der Waals surface area contributed by atoms with E-state index < -0.39 is 10.0 Å². The van der Waals surface area contributed by atoms with Gasteiger partial charge in [-0.05, 0) is 25.3 Å². The largest absolute Gasteiger partial charge is 0.363 e. The maximum atomic E-state index is 12.8. The van der Waals surface area contributed by atoms with Gasteiger partial charge in [-0.25, -0.2) is 8.42 Å². The Morgan fingerprint density at radius 3 is 2.86 bits per heavy atom. The summed E-state index contributed by atoms with van der Waals surface area (Å²) in [5.41, 5.74) is 0.910. The van der Waals surface area contributed by atoms with Gasteiger partial charge in [-0.15, -0.1) is 0 Å². The van der Waals surface area contributed by atoms with Crippen LogP contribution in [0.4, 0.5) is 0 Å². The number of nitrogens with one attached hydrogen (secondary N) is 2. The van der Waals surface area contributed by atoms with Gasteiger partial charge in [-0.2, -0.15) is 4.31 Å². The summed E-state index contributed by atoms with van der Waals surface area (Å²) < 4.78 is 27.3. The van der Waals surface area contributed by atoms with Crippen molar-refractivity contribution in [1.29, 1.82) is 0 Å². The first-order valence-corrected chi connectivity index (χ1v) is 9.31. The maximum absolute atomic E-state index is 12.8. The van der Waals surface area contributed by atoms with Crippen molar-refractivity contribution in [3.8, 4) is 0 Å². The van der Waals surface area contributed by atoms with Gasteiger partial charge in [-0.3, -0.25) is 0 Å². The highest BCUT2D eigenvalue weighted by atomic mass is 32.2. The average Bonchev–Trinajstić information content (AvgIpc) is 2.94. The molecule has 1 fully saturated rings. The number of hydrogen-bond acceptors (Lipinski definition) is 3. The molecule has 1 unspecified atom stereocenters. The molecule has 2 heterocycles. The molecule has 21 heavy (non-hydrogen) atoms. The Kier molecular flexibility index (Phi) is 5.46. The third kappa shape index (κ3) is 3.87. The first-order valence-electron chi connectivity index (χ1n) is 7.87. The number of piperidine rings is 1. The average molecular weight is 313 g/mol. The van der Waals surface area contributed by atoms with Crippen molar-refractivity contribution < 1.29 is 8.42 Å². The van der Waals surface area contributed by atoms with E-state index in [1.165, 1.54) is 0 Å². The molecule has 1 aliphatic rings. The first-order chi connectivity index (χ1) is 9.95. The van der Waals surface area contributed by atoms with Crippen LogP contribution in [0.1, 0.15) is 52.1 Å². The Labute approximate surface area is 128 Å². The fourth-order valence-electron chi connectivity index (χ4n) is 2.82. The minimum Gasteiger partial charge on any atom is -0.363 e. The lowest BCUT2D eigenvalue weighted by molar-refractivity contribution is 0.246. The zero-order valence-electron chi connectivity index (χ0n) is 13.2. The van der Waals surface area contributed by atoms with Gasteiger partial charge in [0.1, 0.15) is 0 Å². The van der Waals surface area contributed by atoms with E-state index in [1.807, 2.05) is 0 Å². The van der Waals surface area contributed by atoms with Crippen LogP contribution in [0.5, 0.6) is 0 Å². The van der Waals surface area contributed by atoms with Gasteiger partial charge in [0.25, 0.3) is 0 Å². The summed E-state index contributed by atoms with van der Waals surface area (Å²) in [6.07, 6.45) is 5.56. The van der Waals surface area contributed by atoms with E-state index in [2.05, 4.69) is 31.1 Å². The van der Waals surface area contributed by atoms with Gasteiger partial charge in [0.2, 0.25) is 10.0 Å². The standard InChI is InChI=1S/C15H27N3O2S/c1-4-14-7-5-6-8-18(14)21(19,20)15-9-13(17-11-15)10-16-12(2)3/h9,11-12,14,16-17H,4-8,10H2,1-3H3. The highest BCUT2D eigenvalue weighted by Crippen LogP contribution is 2.27. The zero-order valence-corrected chi connectivity index (χ0v) is 14.0. The van der Waals surface area contributed by atoms with E-state index in [-0.39, 0.29) is 6.04 Å². The Morgan fingerprint density at radius 2 is 2.19 bits per heavy atom. The van der Waals surface area contributed by atoms with E-state index in [1.54, 1.807) is 16.6 Å². The van der Waals surface area contributed by atoms with E-state index >= 15 is 0 Å². The molecule has 0 spiro atoms. The van der Waals surface area contributed by atoms with Crippen molar-refractivity contribution in [3.63, 3.8) is 0 Å². The molecule has 0 amide bonds. The monoisotopic (exact) mass is 313 g/mol. The van der Waals surface area contributed by atoms with Crippen molar-refractivity contribution in [1.82, 2.24) is 14.6 Å². The normalized spacial score (nSPS) is 21.0. The van der Waals surface area contributed by atoms with Gasteiger partial charge in [-0.1, -0.05) is 27.2 Å². The SMILES string of the molecule is CCC1CCCCN1S(=O)(=O)c1c[nH]c(CNC(C)C)c1. The van der Waals surface area contributed by atoms with Crippen LogP contribution < -0.4 is 5.32 Å². The third-order valence-corrected chi connectivity index (χ3v) is 6.00. The predicted molar refractivity (Wildman–Crippen MR) is 84.6 cm³/mol. The molecule has 120 valence electrons. The van der Waals surface area contributed by atoms with Crippen LogP contribution >= 0.6 is 0 Å². The van der Waals surface area contributed by atoms with Crippen LogP contribution in [0.15, 0.2) is 17.2 Å². The lowest BCUT2D eigenvalue weighted by Crippen LogP contribution is -2.43. The second-order valence-electron chi connectivity index (χ2n) is 6.07. The number of rotatable bonds is 6. The molecule has 1 aromatic heterocycles. The number of aromatic nitrogens is 1. The molecule has 0 bridgehead atoms. The maximum Gasteiger partial charge on any atom is 0.244 e. The Morgan fingerprint density at radius 1 is 1.43 bits per heavy atom. The number of nitrogens with zero attached hydrogens (tertiary/aromatic N) is 1. The summed E-state index contributed by atoms with van der Waals surface area (Å²) in [7, 11) is -3.37. The van der Waals surface area contributed by atoms with Gasteiger partial charge in [0, 0.05) is 37.1 Å². The first kappa shape index (κ1) is 16.5. The molecular weight excluding hydrogens is 286 g/mol. The molecule has 1 atom stereocenters. The van der Waals surface area contributed by atoms with Crippen LogP contribution in [0, 0.1) is 0 Å². The fraction of sp³-hybridized carbons (Fsp3) is 0.733. The number of aromatic amines is 1. The van der Waals surface area contributed by atoms with Crippen molar-refractivity contribution in [2.45, 2.75) is 70.0 Å². The predicted octanol–water partition coefficient (Wildman–Crippen LogP) is 2.47. The quantitative estimate of drug-likeness (QED) is 0.848. The number of hydrogen-bond donors (Lipinski definition) is 2. The smallest absolute Gasteiger partial charge is 0.244 e. The van der Waals surface area contributed by atoms with Gasteiger partial charge in [0.05, 0.1) is 4.90 Å². The molecule has 1 aliphatic heterocycles. The van der Waals surface area contributed by atoms with E-state index in [9.17, 15) is 8.42 Å². The van der Waals surface area contributed by atoms with Crippen molar-refractivity contribution in [2.24, 2.45) is 0 Å². The van der Waals surface area contributed by atoms with E-state index in [0.717, 1.165) is 31.4 Å². The summed E-state index contributed by atoms with van der Waals surface area (Å²) in [5.74, 6) is 0. The second kappa shape index (κ2) is 6.94. The van der Waals surface area contributed by atoms with Crippen molar-refractivity contribution in [2.75, 3.05) is 6.54 Å². The molecular formula is C15H27N3O2S. The molecule has 0 aliphatic carbocycles. The molecule has 0 radical (unpaired) electrons. The molecule has 5 nitrogen and oxygen atoms in total. The van der Waals surface area contributed by atoms with Gasteiger partial charge in [0.15, 0.2) is 0 Å². The Balaban J connectivity index is 2.15. The summed E-state index contributed by atoms with van der Waals surface area (Å²) in [5, 5.41) is 3.29. The van der Waals surface area contributed by atoms with Crippen LogP contribution in [0.25, 0.3) is 0 Å². The van der Waals surface area contributed by atoms with Gasteiger partial charge < -0.3 is 10.3 Å². The topological polar surface area (TPSA) is 65.2 Å².